The molecular weight excluding hydrogens is 308 g/mol. The van der Waals surface area contributed by atoms with E-state index in [-0.39, 0.29) is 5.91 Å². The van der Waals surface area contributed by atoms with Crippen LogP contribution < -0.4 is 14.8 Å². The van der Waals surface area contributed by atoms with Crippen LogP contribution in [0.4, 0.5) is 0 Å². The van der Waals surface area contributed by atoms with Crippen molar-refractivity contribution in [2.45, 2.75) is 19.8 Å². The van der Waals surface area contributed by atoms with Gasteiger partial charge in [0.2, 0.25) is 5.91 Å². The summed E-state index contributed by atoms with van der Waals surface area (Å²) in [5, 5.41) is 3.00. The predicted octanol–water partition coefficient (Wildman–Crippen LogP) is 1.39. The van der Waals surface area contributed by atoms with Crippen LogP contribution in [0.5, 0.6) is 11.5 Å². The quantitative estimate of drug-likeness (QED) is 0.727. The van der Waals surface area contributed by atoms with Crippen molar-refractivity contribution >= 4 is 5.91 Å². The van der Waals surface area contributed by atoms with Gasteiger partial charge in [-0.1, -0.05) is 0 Å². The maximum Gasteiger partial charge on any atom is 0.224 e. The van der Waals surface area contributed by atoms with E-state index < -0.39 is 0 Å². The molecule has 0 aromatic heterocycles. The third-order valence-corrected chi connectivity index (χ3v) is 4.27. The molecule has 1 amide bonds. The van der Waals surface area contributed by atoms with Crippen LogP contribution in [0.1, 0.15) is 17.5 Å². The Labute approximate surface area is 144 Å². The molecule has 0 spiro atoms. The van der Waals surface area contributed by atoms with Gasteiger partial charge in [0.25, 0.3) is 0 Å². The molecule has 2 rings (SSSR count). The summed E-state index contributed by atoms with van der Waals surface area (Å²) in [5.74, 6) is 1.37. The molecule has 134 valence electrons. The third kappa shape index (κ3) is 5.39. The number of nitrogens with one attached hydrogen (secondary N) is 1. The van der Waals surface area contributed by atoms with Gasteiger partial charge in [0.1, 0.15) is 0 Å². The molecule has 1 saturated heterocycles. The van der Waals surface area contributed by atoms with Crippen molar-refractivity contribution in [3.8, 4) is 11.5 Å². The number of nitrogens with zero attached hydrogens (tertiary/aromatic N) is 1. The fraction of sp³-hybridized carbons (Fsp3) is 0.611. The lowest BCUT2D eigenvalue weighted by Gasteiger charge is -2.26. The second-order valence-corrected chi connectivity index (χ2v) is 5.97. The van der Waals surface area contributed by atoms with Gasteiger partial charge >= 0.3 is 0 Å². The number of aryl methyl sites for hydroxylation is 1. The Hall–Kier alpha value is -1.79. The second kappa shape index (κ2) is 9.49. The first-order valence-corrected chi connectivity index (χ1v) is 8.42. The van der Waals surface area contributed by atoms with Crippen molar-refractivity contribution in [3.05, 3.63) is 23.3 Å². The molecule has 1 heterocycles. The van der Waals surface area contributed by atoms with E-state index >= 15 is 0 Å². The number of amides is 1. The molecule has 0 radical (unpaired) electrons. The minimum Gasteiger partial charge on any atom is -0.493 e. The summed E-state index contributed by atoms with van der Waals surface area (Å²) < 4.78 is 15.9. The van der Waals surface area contributed by atoms with E-state index in [2.05, 4.69) is 10.2 Å². The molecule has 6 nitrogen and oxygen atoms in total. The summed E-state index contributed by atoms with van der Waals surface area (Å²) >= 11 is 0. The molecule has 1 fully saturated rings. The predicted molar refractivity (Wildman–Crippen MR) is 92.9 cm³/mol. The first-order valence-electron chi connectivity index (χ1n) is 8.42. The molecule has 0 saturated carbocycles. The van der Waals surface area contributed by atoms with Crippen LogP contribution in [0.25, 0.3) is 0 Å². The topological polar surface area (TPSA) is 60.0 Å². The number of ether oxygens (including phenoxy) is 3. The zero-order valence-electron chi connectivity index (χ0n) is 14.9. The molecule has 1 aromatic rings. The zero-order valence-corrected chi connectivity index (χ0v) is 14.9. The first kappa shape index (κ1) is 18.5. The van der Waals surface area contributed by atoms with Crippen LogP contribution in [0.15, 0.2) is 12.1 Å². The van der Waals surface area contributed by atoms with Crippen molar-refractivity contribution in [2.24, 2.45) is 0 Å². The Balaban J connectivity index is 1.77. The van der Waals surface area contributed by atoms with Gasteiger partial charge in [0, 0.05) is 19.6 Å². The molecule has 1 aliphatic heterocycles. The van der Waals surface area contributed by atoms with Crippen LogP contribution >= 0.6 is 0 Å². The van der Waals surface area contributed by atoms with Crippen LogP contribution in [0.2, 0.25) is 0 Å². The molecule has 0 atom stereocenters. The van der Waals surface area contributed by atoms with E-state index in [1.165, 1.54) is 0 Å². The largest absolute Gasteiger partial charge is 0.493 e. The van der Waals surface area contributed by atoms with E-state index in [4.69, 9.17) is 14.2 Å². The zero-order chi connectivity index (χ0) is 17.4. The number of hydrogen-bond donors (Lipinski definition) is 1. The molecule has 24 heavy (non-hydrogen) atoms. The Morgan fingerprint density at radius 2 is 1.88 bits per heavy atom. The molecule has 0 unspecified atom stereocenters. The maximum absolute atomic E-state index is 12.2. The summed E-state index contributed by atoms with van der Waals surface area (Å²) in [4.78, 5) is 14.5. The molecule has 1 aliphatic rings. The van der Waals surface area contributed by atoms with Gasteiger partial charge in [0.15, 0.2) is 11.5 Å². The van der Waals surface area contributed by atoms with E-state index in [1.807, 2.05) is 19.1 Å². The first-order chi connectivity index (χ1) is 11.6. The summed E-state index contributed by atoms with van der Waals surface area (Å²) in [7, 11) is 3.21. The Bertz CT molecular complexity index is 542. The normalized spacial score (nSPS) is 15.1. The standard InChI is InChI=1S/C18H28N2O4/c1-14-11-16(22-2)17(23-3)12-15(14)13-18(21)19-5-4-6-20-7-9-24-10-8-20/h11-12H,4-10,13H2,1-3H3,(H,19,21). The van der Waals surface area contributed by atoms with Crippen molar-refractivity contribution in [3.63, 3.8) is 0 Å². The Morgan fingerprint density at radius 3 is 2.54 bits per heavy atom. The van der Waals surface area contributed by atoms with Crippen molar-refractivity contribution in [1.29, 1.82) is 0 Å². The average Bonchev–Trinajstić information content (AvgIpc) is 2.61. The fourth-order valence-corrected chi connectivity index (χ4v) is 2.80. The fourth-order valence-electron chi connectivity index (χ4n) is 2.80. The van der Waals surface area contributed by atoms with Crippen LogP contribution in [0.3, 0.4) is 0 Å². The van der Waals surface area contributed by atoms with Crippen LogP contribution in [0, 0.1) is 6.92 Å². The van der Waals surface area contributed by atoms with E-state index in [9.17, 15) is 4.79 Å². The lowest BCUT2D eigenvalue weighted by Crippen LogP contribution is -2.38. The lowest BCUT2D eigenvalue weighted by molar-refractivity contribution is -0.120. The summed E-state index contributed by atoms with van der Waals surface area (Å²) in [6.07, 6.45) is 1.31. The maximum atomic E-state index is 12.2. The van der Waals surface area contributed by atoms with Gasteiger partial charge in [0.05, 0.1) is 33.9 Å². The second-order valence-electron chi connectivity index (χ2n) is 5.97. The van der Waals surface area contributed by atoms with Gasteiger partial charge in [-0.3, -0.25) is 9.69 Å². The van der Waals surface area contributed by atoms with Gasteiger partial charge in [-0.25, -0.2) is 0 Å². The van der Waals surface area contributed by atoms with Crippen LogP contribution in [-0.4, -0.2) is 64.4 Å². The minimum absolute atomic E-state index is 0.0345. The summed E-state index contributed by atoms with van der Waals surface area (Å²) in [6, 6.07) is 3.78. The third-order valence-electron chi connectivity index (χ3n) is 4.27. The number of morpholine rings is 1. The number of benzene rings is 1. The Morgan fingerprint density at radius 1 is 1.21 bits per heavy atom. The van der Waals surface area contributed by atoms with E-state index in [0.717, 1.165) is 50.4 Å². The molecule has 0 bridgehead atoms. The summed E-state index contributed by atoms with van der Waals surface area (Å²) in [6.45, 7) is 7.26. The molecular formula is C18H28N2O4. The summed E-state index contributed by atoms with van der Waals surface area (Å²) in [5.41, 5.74) is 1.98. The van der Waals surface area contributed by atoms with Crippen LogP contribution in [-0.2, 0) is 16.0 Å². The van der Waals surface area contributed by atoms with Gasteiger partial charge in [-0.2, -0.15) is 0 Å². The van der Waals surface area contributed by atoms with Gasteiger partial charge in [-0.05, 0) is 43.1 Å². The molecule has 0 aliphatic carbocycles. The number of hydrogen-bond acceptors (Lipinski definition) is 5. The number of methoxy groups -OCH3 is 2. The van der Waals surface area contributed by atoms with E-state index in [0.29, 0.717) is 24.5 Å². The Kier molecular flexibility index (Phi) is 7.34. The lowest BCUT2D eigenvalue weighted by atomic mass is 10.0. The number of carbonyl (C=O) groups excluding carboxylic acids is 1. The van der Waals surface area contributed by atoms with Gasteiger partial charge < -0.3 is 19.5 Å². The highest BCUT2D eigenvalue weighted by Gasteiger charge is 2.12. The number of rotatable bonds is 8. The minimum atomic E-state index is 0.0345. The average molecular weight is 336 g/mol. The van der Waals surface area contributed by atoms with Crippen molar-refractivity contribution < 1.29 is 19.0 Å². The highest BCUT2D eigenvalue weighted by atomic mass is 16.5. The molecule has 6 heteroatoms. The molecule has 1 N–H and O–H groups in total. The van der Waals surface area contributed by atoms with Crippen molar-refractivity contribution in [2.75, 3.05) is 53.6 Å². The van der Waals surface area contributed by atoms with Gasteiger partial charge in [-0.15, -0.1) is 0 Å². The smallest absolute Gasteiger partial charge is 0.224 e. The van der Waals surface area contributed by atoms with Crippen molar-refractivity contribution in [1.82, 2.24) is 10.2 Å². The molecule has 1 aromatic carbocycles. The highest BCUT2D eigenvalue weighted by molar-refractivity contribution is 5.79. The van der Waals surface area contributed by atoms with E-state index in [1.54, 1.807) is 14.2 Å². The number of carbonyl (C=O) groups is 1. The SMILES string of the molecule is COc1cc(C)c(CC(=O)NCCCN2CCOCC2)cc1OC. The monoisotopic (exact) mass is 336 g/mol. The highest BCUT2D eigenvalue weighted by Crippen LogP contribution is 2.30.